The molecule has 1 N–H and O–H groups in total. The molecule has 0 radical (unpaired) electrons. The normalized spacial score (nSPS) is 28.5. The average Bonchev–Trinajstić information content (AvgIpc) is 2.37. The Morgan fingerprint density at radius 2 is 1.80 bits per heavy atom. The van der Waals surface area contributed by atoms with Crippen LogP contribution in [0.15, 0.2) is 0 Å². The molecule has 1 atom stereocenters. The first-order valence-electron chi connectivity index (χ1n) is 8.86. The predicted octanol–water partition coefficient (Wildman–Crippen LogP) is 4.06. The molecule has 1 unspecified atom stereocenters. The summed E-state index contributed by atoms with van der Waals surface area (Å²) in [5.41, 5.74) is 0.794. The van der Waals surface area contributed by atoms with Gasteiger partial charge >= 0.3 is 0 Å². The highest BCUT2D eigenvalue weighted by Crippen LogP contribution is 2.37. The molecule has 0 aromatic heterocycles. The molecule has 0 amide bonds. The van der Waals surface area contributed by atoms with Crippen LogP contribution >= 0.6 is 0 Å². The van der Waals surface area contributed by atoms with Gasteiger partial charge < -0.3 is 10.2 Å². The minimum atomic E-state index is 0.250. The van der Waals surface area contributed by atoms with Crippen LogP contribution in [0.3, 0.4) is 0 Å². The second kappa shape index (κ2) is 6.79. The highest BCUT2D eigenvalue weighted by Gasteiger charge is 2.35. The van der Waals surface area contributed by atoms with Crippen molar-refractivity contribution in [3.05, 3.63) is 0 Å². The molecule has 0 aromatic rings. The van der Waals surface area contributed by atoms with Crippen LogP contribution in [0.2, 0.25) is 0 Å². The van der Waals surface area contributed by atoms with Crippen LogP contribution in [0.1, 0.15) is 72.6 Å². The van der Waals surface area contributed by atoms with E-state index in [9.17, 15) is 0 Å². The Morgan fingerprint density at radius 1 is 1.10 bits per heavy atom. The molecule has 1 saturated carbocycles. The smallest absolute Gasteiger partial charge is 0.00967 e. The third-order valence-corrected chi connectivity index (χ3v) is 5.21. The minimum absolute atomic E-state index is 0.250. The zero-order valence-electron chi connectivity index (χ0n) is 14.3. The Bertz CT molecular complexity index is 286. The van der Waals surface area contributed by atoms with E-state index >= 15 is 0 Å². The van der Waals surface area contributed by atoms with E-state index in [-0.39, 0.29) is 5.54 Å². The van der Waals surface area contributed by atoms with Gasteiger partial charge in [0.05, 0.1) is 0 Å². The molecule has 2 rings (SSSR count). The molecule has 1 aliphatic heterocycles. The number of hydrogen-bond acceptors (Lipinski definition) is 2. The van der Waals surface area contributed by atoms with E-state index in [0.717, 1.165) is 5.92 Å². The first-order valence-corrected chi connectivity index (χ1v) is 8.86. The lowest BCUT2D eigenvalue weighted by atomic mass is 9.73. The van der Waals surface area contributed by atoms with Gasteiger partial charge in [0.2, 0.25) is 0 Å². The first-order chi connectivity index (χ1) is 9.39. The number of nitrogens with zero attached hydrogens (tertiary/aromatic N) is 1. The quantitative estimate of drug-likeness (QED) is 0.835. The predicted molar refractivity (Wildman–Crippen MR) is 88.1 cm³/mol. The van der Waals surface area contributed by atoms with E-state index < -0.39 is 0 Å². The summed E-state index contributed by atoms with van der Waals surface area (Å²) in [6.45, 7) is 14.5. The fourth-order valence-electron chi connectivity index (χ4n) is 4.05. The van der Waals surface area contributed by atoms with E-state index in [4.69, 9.17) is 0 Å². The van der Waals surface area contributed by atoms with E-state index in [2.05, 4.69) is 37.9 Å². The second-order valence-corrected chi connectivity index (χ2v) is 8.65. The van der Waals surface area contributed by atoms with Gasteiger partial charge in [-0.2, -0.15) is 0 Å². The second-order valence-electron chi connectivity index (χ2n) is 8.65. The van der Waals surface area contributed by atoms with Crippen LogP contribution in [0.5, 0.6) is 0 Å². The molecule has 0 spiro atoms. The van der Waals surface area contributed by atoms with Gasteiger partial charge in [-0.3, -0.25) is 0 Å². The molecular formula is C18H36N2. The maximum Gasteiger partial charge on any atom is 0.00967 e. The van der Waals surface area contributed by atoms with Crippen molar-refractivity contribution in [1.29, 1.82) is 0 Å². The molecule has 1 saturated heterocycles. The molecule has 0 aromatic carbocycles. The van der Waals surface area contributed by atoms with Crippen LogP contribution in [0.25, 0.3) is 0 Å². The van der Waals surface area contributed by atoms with Gasteiger partial charge in [-0.25, -0.2) is 0 Å². The van der Waals surface area contributed by atoms with Crippen molar-refractivity contribution in [2.75, 3.05) is 26.2 Å². The molecule has 1 heterocycles. The maximum absolute atomic E-state index is 3.81. The monoisotopic (exact) mass is 280 g/mol. The van der Waals surface area contributed by atoms with Gasteiger partial charge in [-0.1, -0.05) is 26.2 Å². The molecule has 2 heteroatoms. The van der Waals surface area contributed by atoms with Crippen LogP contribution in [-0.2, 0) is 0 Å². The van der Waals surface area contributed by atoms with Crippen molar-refractivity contribution < 1.29 is 0 Å². The summed E-state index contributed by atoms with van der Waals surface area (Å²) in [5, 5.41) is 3.81. The van der Waals surface area contributed by atoms with Crippen molar-refractivity contribution in [1.82, 2.24) is 10.2 Å². The van der Waals surface area contributed by atoms with Crippen molar-refractivity contribution >= 4 is 0 Å². The Morgan fingerprint density at radius 3 is 2.40 bits per heavy atom. The lowest BCUT2D eigenvalue weighted by molar-refractivity contribution is 0.0707. The molecule has 2 fully saturated rings. The Labute approximate surface area is 126 Å². The Hall–Kier alpha value is -0.0800. The van der Waals surface area contributed by atoms with Crippen molar-refractivity contribution in [2.45, 2.75) is 78.2 Å². The Balaban J connectivity index is 1.95. The fraction of sp³-hybridized carbons (Fsp3) is 1.00. The number of hydrogen-bond donors (Lipinski definition) is 1. The van der Waals surface area contributed by atoms with Crippen molar-refractivity contribution in [2.24, 2.45) is 11.3 Å². The molecule has 1 aliphatic carbocycles. The summed E-state index contributed by atoms with van der Waals surface area (Å²) in [7, 11) is 0. The summed E-state index contributed by atoms with van der Waals surface area (Å²) in [6, 6.07) is 0. The summed E-state index contributed by atoms with van der Waals surface area (Å²) in [6.07, 6.45) is 10.0. The van der Waals surface area contributed by atoms with Gasteiger partial charge in [0, 0.05) is 25.2 Å². The van der Waals surface area contributed by atoms with Crippen molar-refractivity contribution in [3.63, 3.8) is 0 Å². The van der Waals surface area contributed by atoms with E-state index in [1.54, 1.807) is 0 Å². The van der Waals surface area contributed by atoms with Crippen molar-refractivity contribution in [3.8, 4) is 0 Å². The van der Waals surface area contributed by atoms with Gasteiger partial charge in [-0.15, -0.1) is 0 Å². The molecular weight excluding hydrogens is 244 g/mol. The molecule has 2 aliphatic rings. The standard InChI is InChI=1S/C18H36N2/c1-16-9-8-12-20(13-16)15-18(10-6-5-7-11-18)14-19-17(2,3)4/h16,19H,5-15H2,1-4H3. The van der Waals surface area contributed by atoms with Crippen LogP contribution in [0, 0.1) is 11.3 Å². The number of nitrogens with one attached hydrogen (secondary N) is 1. The molecule has 20 heavy (non-hydrogen) atoms. The van der Waals surface area contributed by atoms with Gasteiger partial charge in [-0.05, 0) is 64.3 Å². The highest BCUT2D eigenvalue weighted by molar-refractivity contribution is 4.90. The van der Waals surface area contributed by atoms with Gasteiger partial charge in [0.1, 0.15) is 0 Å². The fourth-order valence-corrected chi connectivity index (χ4v) is 4.05. The van der Waals surface area contributed by atoms with Gasteiger partial charge in [0.25, 0.3) is 0 Å². The Kier molecular flexibility index (Phi) is 5.53. The van der Waals surface area contributed by atoms with E-state index in [1.807, 2.05) is 0 Å². The number of likely N-dealkylation sites (tertiary alicyclic amines) is 1. The minimum Gasteiger partial charge on any atom is -0.311 e. The highest BCUT2D eigenvalue weighted by atomic mass is 15.1. The van der Waals surface area contributed by atoms with Gasteiger partial charge in [0.15, 0.2) is 0 Å². The summed E-state index contributed by atoms with van der Waals surface area (Å²) < 4.78 is 0. The topological polar surface area (TPSA) is 15.3 Å². The zero-order valence-corrected chi connectivity index (χ0v) is 14.3. The van der Waals surface area contributed by atoms with Crippen LogP contribution in [0.4, 0.5) is 0 Å². The molecule has 118 valence electrons. The van der Waals surface area contributed by atoms with Crippen LogP contribution in [-0.4, -0.2) is 36.6 Å². The SMILES string of the molecule is CC1CCCN(CC2(CNC(C)(C)C)CCCCC2)C1. The summed E-state index contributed by atoms with van der Waals surface area (Å²) in [5.74, 6) is 0.903. The largest absolute Gasteiger partial charge is 0.311 e. The third-order valence-electron chi connectivity index (χ3n) is 5.21. The number of rotatable bonds is 4. The molecule has 2 nitrogen and oxygen atoms in total. The average molecular weight is 280 g/mol. The number of piperidine rings is 1. The zero-order chi connectivity index (χ0) is 14.6. The van der Waals surface area contributed by atoms with E-state index in [0.29, 0.717) is 5.41 Å². The maximum atomic E-state index is 3.81. The third kappa shape index (κ3) is 5.04. The first kappa shape index (κ1) is 16.3. The van der Waals surface area contributed by atoms with E-state index in [1.165, 1.54) is 71.1 Å². The summed E-state index contributed by atoms with van der Waals surface area (Å²) >= 11 is 0. The lowest BCUT2D eigenvalue weighted by Crippen LogP contribution is -2.51. The molecule has 0 bridgehead atoms. The lowest BCUT2D eigenvalue weighted by Gasteiger charge is -2.44. The van der Waals surface area contributed by atoms with Crippen LogP contribution < -0.4 is 5.32 Å². The summed E-state index contributed by atoms with van der Waals surface area (Å²) in [4.78, 5) is 2.77.